The lowest BCUT2D eigenvalue weighted by atomic mass is 10.1. The van der Waals surface area contributed by atoms with Gasteiger partial charge in [0.15, 0.2) is 5.78 Å². The minimum atomic E-state index is -0.167. The summed E-state index contributed by atoms with van der Waals surface area (Å²) in [5.41, 5.74) is 2.69. The summed E-state index contributed by atoms with van der Waals surface area (Å²) in [5.74, 6) is 0.446. The molecule has 0 atom stereocenters. The fourth-order valence-electron chi connectivity index (χ4n) is 1.94. The van der Waals surface area contributed by atoms with Crippen LogP contribution in [0.25, 0.3) is 0 Å². The Morgan fingerprint density at radius 2 is 2.05 bits per heavy atom. The molecule has 5 heteroatoms. The maximum atomic E-state index is 12.0. The molecule has 2 aromatic rings. The van der Waals surface area contributed by atoms with Crippen molar-refractivity contribution in [1.29, 1.82) is 0 Å². The molecule has 0 unspecified atom stereocenters. The van der Waals surface area contributed by atoms with Crippen molar-refractivity contribution in [3.8, 4) is 0 Å². The average molecular weight is 272 g/mol. The van der Waals surface area contributed by atoms with E-state index in [4.69, 9.17) is 4.52 Å². The molecular weight excluding hydrogens is 256 g/mol. The maximum Gasteiger partial charge on any atom is 0.228 e. The van der Waals surface area contributed by atoms with Gasteiger partial charge in [-0.05, 0) is 32.9 Å². The lowest BCUT2D eigenvalue weighted by Gasteiger charge is -2.06. The molecule has 0 spiro atoms. The fourth-order valence-corrected chi connectivity index (χ4v) is 1.94. The molecule has 1 heterocycles. The van der Waals surface area contributed by atoms with Crippen molar-refractivity contribution < 1.29 is 14.1 Å². The lowest BCUT2D eigenvalue weighted by Crippen LogP contribution is -2.15. The topological polar surface area (TPSA) is 72.2 Å². The third-order valence-corrected chi connectivity index (χ3v) is 3.07. The van der Waals surface area contributed by atoms with Crippen LogP contribution in [0.2, 0.25) is 0 Å². The molecule has 0 radical (unpaired) electrons. The number of benzene rings is 1. The molecule has 0 bridgehead atoms. The van der Waals surface area contributed by atoms with E-state index in [2.05, 4.69) is 10.5 Å². The van der Waals surface area contributed by atoms with E-state index in [0.717, 1.165) is 11.3 Å². The predicted molar refractivity (Wildman–Crippen MR) is 74.8 cm³/mol. The van der Waals surface area contributed by atoms with Gasteiger partial charge in [0.2, 0.25) is 5.91 Å². The summed E-state index contributed by atoms with van der Waals surface area (Å²) >= 11 is 0. The van der Waals surface area contributed by atoms with Crippen molar-refractivity contribution in [2.45, 2.75) is 27.2 Å². The Bertz CT molecular complexity index is 639. The molecule has 0 saturated heterocycles. The van der Waals surface area contributed by atoms with Crippen LogP contribution >= 0.6 is 0 Å². The zero-order chi connectivity index (χ0) is 14.7. The predicted octanol–water partition coefficient (Wildman–Crippen LogP) is 2.68. The monoisotopic (exact) mass is 272 g/mol. The van der Waals surface area contributed by atoms with Crippen molar-refractivity contribution in [3.05, 3.63) is 46.8 Å². The van der Waals surface area contributed by atoms with Crippen LogP contribution in [0.4, 0.5) is 5.69 Å². The molecule has 2 rings (SSSR count). The molecule has 0 aliphatic carbocycles. The summed E-state index contributed by atoms with van der Waals surface area (Å²) in [6, 6.07) is 6.86. The van der Waals surface area contributed by atoms with Gasteiger partial charge in [-0.25, -0.2) is 0 Å². The zero-order valence-electron chi connectivity index (χ0n) is 11.7. The van der Waals surface area contributed by atoms with Gasteiger partial charge >= 0.3 is 0 Å². The second-order valence-electron chi connectivity index (χ2n) is 4.66. The van der Waals surface area contributed by atoms with Crippen LogP contribution in [0, 0.1) is 13.8 Å². The van der Waals surface area contributed by atoms with Crippen LogP contribution in [0.5, 0.6) is 0 Å². The Hall–Kier alpha value is -2.43. The highest BCUT2D eigenvalue weighted by Gasteiger charge is 2.13. The minimum Gasteiger partial charge on any atom is -0.361 e. The Morgan fingerprint density at radius 1 is 1.30 bits per heavy atom. The zero-order valence-corrected chi connectivity index (χ0v) is 11.7. The number of anilines is 1. The first-order valence-corrected chi connectivity index (χ1v) is 6.30. The summed E-state index contributed by atoms with van der Waals surface area (Å²) in [7, 11) is 0. The number of amides is 1. The van der Waals surface area contributed by atoms with Crippen LogP contribution in [-0.2, 0) is 11.2 Å². The first kappa shape index (κ1) is 14.0. The summed E-state index contributed by atoms with van der Waals surface area (Å²) in [4.78, 5) is 23.3. The highest BCUT2D eigenvalue weighted by atomic mass is 16.5. The van der Waals surface area contributed by atoms with Gasteiger partial charge in [-0.1, -0.05) is 17.3 Å². The number of hydrogen-bond donors (Lipinski definition) is 1. The number of aryl methyl sites for hydroxylation is 2. The van der Waals surface area contributed by atoms with Crippen molar-refractivity contribution in [2.75, 3.05) is 5.32 Å². The van der Waals surface area contributed by atoms with Gasteiger partial charge in [0, 0.05) is 16.8 Å². The fraction of sp³-hybridized carbons (Fsp3) is 0.267. The third-order valence-electron chi connectivity index (χ3n) is 3.07. The van der Waals surface area contributed by atoms with E-state index in [0.29, 0.717) is 17.0 Å². The average Bonchev–Trinajstić information content (AvgIpc) is 2.71. The van der Waals surface area contributed by atoms with Crippen LogP contribution in [0.15, 0.2) is 28.8 Å². The molecule has 0 saturated carbocycles. The van der Waals surface area contributed by atoms with Crippen LogP contribution in [0.3, 0.4) is 0 Å². The number of nitrogens with one attached hydrogen (secondary N) is 1. The molecule has 1 aromatic carbocycles. The molecular formula is C15H16N2O3. The van der Waals surface area contributed by atoms with Gasteiger partial charge in [-0.2, -0.15) is 0 Å². The van der Waals surface area contributed by atoms with Crippen molar-refractivity contribution in [1.82, 2.24) is 5.16 Å². The lowest BCUT2D eigenvalue weighted by molar-refractivity contribution is -0.115. The van der Waals surface area contributed by atoms with E-state index in [9.17, 15) is 9.59 Å². The van der Waals surface area contributed by atoms with Crippen LogP contribution in [0.1, 0.15) is 34.3 Å². The largest absolute Gasteiger partial charge is 0.361 e. The van der Waals surface area contributed by atoms with Gasteiger partial charge < -0.3 is 9.84 Å². The molecule has 0 fully saturated rings. The quantitative estimate of drug-likeness (QED) is 0.868. The highest BCUT2D eigenvalue weighted by Crippen LogP contribution is 2.15. The summed E-state index contributed by atoms with van der Waals surface area (Å²) in [6.07, 6.45) is 0.200. The Kier molecular flexibility index (Phi) is 3.98. The maximum absolute atomic E-state index is 12.0. The molecule has 0 aliphatic heterocycles. The van der Waals surface area contributed by atoms with E-state index in [1.807, 2.05) is 0 Å². The van der Waals surface area contributed by atoms with Gasteiger partial charge in [0.25, 0.3) is 0 Å². The number of carbonyl (C=O) groups is 2. The smallest absolute Gasteiger partial charge is 0.228 e. The van der Waals surface area contributed by atoms with Crippen LogP contribution < -0.4 is 5.32 Å². The SMILES string of the molecule is CC(=O)c1cccc(NC(=O)Cc2c(C)noc2C)c1. The first-order chi connectivity index (χ1) is 9.47. The Morgan fingerprint density at radius 3 is 2.65 bits per heavy atom. The molecule has 104 valence electrons. The third kappa shape index (κ3) is 3.12. The minimum absolute atomic E-state index is 0.0353. The Labute approximate surface area is 117 Å². The Balaban J connectivity index is 2.09. The van der Waals surface area contributed by atoms with E-state index in [-0.39, 0.29) is 18.1 Å². The summed E-state index contributed by atoms with van der Waals surface area (Å²) < 4.78 is 5.02. The normalized spacial score (nSPS) is 10.3. The summed E-state index contributed by atoms with van der Waals surface area (Å²) in [5, 5.41) is 6.58. The number of carbonyl (C=O) groups excluding carboxylic acids is 2. The molecule has 1 amide bonds. The van der Waals surface area contributed by atoms with Crippen molar-refractivity contribution >= 4 is 17.4 Å². The second kappa shape index (κ2) is 5.69. The van der Waals surface area contributed by atoms with Crippen molar-refractivity contribution in [2.24, 2.45) is 0 Å². The number of Topliss-reactive ketones (excluding diaryl/α,β-unsaturated/α-hetero) is 1. The van der Waals surface area contributed by atoms with Gasteiger partial charge in [-0.15, -0.1) is 0 Å². The number of aromatic nitrogens is 1. The molecule has 0 aliphatic rings. The van der Waals surface area contributed by atoms with Gasteiger partial charge in [0.05, 0.1) is 12.1 Å². The van der Waals surface area contributed by atoms with Crippen LogP contribution in [-0.4, -0.2) is 16.8 Å². The van der Waals surface area contributed by atoms with E-state index in [1.165, 1.54) is 6.92 Å². The number of hydrogen-bond acceptors (Lipinski definition) is 4. The van der Waals surface area contributed by atoms with Gasteiger partial charge in [0.1, 0.15) is 5.76 Å². The molecule has 1 aromatic heterocycles. The van der Waals surface area contributed by atoms with E-state index < -0.39 is 0 Å². The number of ketones is 1. The molecule has 5 nitrogen and oxygen atoms in total. The van der Waals surface area contributed by atoms with E-state index in [1.54, 1.807) is 38.1 Å². The first-order valence-electron chi connectivity index (χ1n) is 6.30. The molecule has 20 heavy (non-hydrogen) atoms. The number of rotatable bonds is 4. The van der Waals surface area contributed by atoms with Crippen molar-refractivity contribution in [3.63, 3.8) is 0 Å². The summed E-state index contributed by atoms with van der Waals surface area (Å²) in [6.45, 7) is 5.07. The standard InChI is InChI=1S/C15H16N2O3/c1-9-14(11(3)20-17-9)8-15(19)16-13-6-4-5-12(7-13)10(2)18/h4-7H,8H2,1-3H3,(H,16,19). The number of nitrogens with zero attached hydrogens (tertiary/aromatic N) is 1. The van der Waals surface area contributed by atoms with E-state index >= 15 is 0 Å². The highest BCUT2D eigenvalue weighted by molar-refractivity contribution is 5.97. The second-order valence-corrected chi connectivity index (χ2v) is 4.66. The van der Waals surface area contributed by atoms with Gasteiger partial charge in [-0.3, -0.25) is 9.59 Å². The molecule has 1 N–H and O–H groups in total.